The van der Waals surface area contributed by atoms with Crippen LogP contribution in [0.3, 0.4) is 0 Å². The molecule has 1 aliphatic heterocycles. The lowest BCUT2D eigenvalue weighted by Gasteiger charge is -2.23. The van der Waals surface area contributed by atoms with Gasteiger partial charge in [-0.1, -0.05) is 31.7 Å². The fourth-order valence-corrected chi connectivity index (χ4v) is 3.65. The number of amides is 1. The van der Waals surface area contributed by atoms with Crippen LogP contribution in [0.5, 0.6) is 0 Å². The smallest absolute Gasteiger partial charge is 0.251 e. The topological polar surface area (TPSA) is 41.1 Å². The van der Waals surface area contributed by atoms with Crippen LogP contribution in [0.2, 0.25) is 0 Å². The van der Waals surface area contributed by atoms with Crippen LogP contribution in [0.15, 0.2) is 18.2 Å². The van der Waals surface area contributed by atoms with Crippen molar-refractivity contribution in [3.8, 4) is 0 Å². The van der Waals surface area contributed by atoms with E-state index in [1.165, 1.54) is 44.1 Å². The van der Waals surface area contributed by atoms with Gasteiger partial charge in [-0.3, -0.25) is 4.79 Å². The summed E-state index contributed by atoms with van der Waals surface area (Å²) in [5, 5.41) is 6.56. The summed E-state index contributed by atoms with van der Waals surface area (Å²) >= 11 is 0. The van der Waals surface area contributed by atoms with Crippen LogP contribution in [0.1, 0.15) is 61.4 Å². The number of fused-ring (bicyclic) bond motifs is 1. The van der Waals surface area contributed by atoms with E-state index in [0.717, 1.165) is 24.2 Å². The third-order valence-electron chi connectivity index (χ3n) is 5.05. The molecule has 1 aliphatic carbocycles. The molecule has 0 bridgehead atoms. The molecule has 0 aromatic heterocycles. The normalized spacial score (nSPS) is 20.2. The average Bonchev–Trinajstić information content (AvgIpc) is 2.78. The second-order valence-corrected chi connectivity index (χ2v) is 6.56. The quantitative estimate of drug-likeness (QED) is 0.831. The minimum atomic E-state index is 0.0725. The Bertz CT molecular complexity index is 504. The van der Waals surface area contributed by atoms with Crippen molar-refractivity contribution in [3.63, 3.8) is 0 Å². The number of benzene rings is 1. The van der Waals surface area contributed by atoms with Crippen molar-refractivity contribution in [2.24, 2.45) is 5.92 Å². The summed E-state index contributed by atoms with van der Waals surface area (Å²) in [7, 11) is 0. The van der Waals surface area contributed by atoms with E-state index in [2.05, 4.69) is 23.6 Å². The van der Waals surface area contributed by atoms with Gasteiger partial charge in [-0.25, -0.2) is 0 Å². The number of carbonyl (C=O) groups excluding carboxylic acids is 1. The Hall–Kier alpha value is -1.51. The maximum atomic E-state index is 12.4. The molecule has 21 heavy (non-hydrogen) atoms. The molecule has 1 heterocycles. The van der Waals surface area contributed by atoms with Crippen LogP contribution in [0.4, 0.5) is 5.69 Å². The van der Waals surface area contributed by atoms with Gasteiger partial charge in [-0.15, -0.1) is 0 Å². The number of hydrogen-bond acceptors (Lipinski definition) is 2. The molecule has 0 radical (unpaired) electrons. The Labute approximate surface area is 127 Å². The molecule has 0 saturated heterocycles. The highest BCUT2D eigenvalue weighted by molar-refractivity contribution is 5.95. The van der Waals surface area contributed by atoms with Gasteiger partial charge in [-0.05, 0) is 49.8 Å². The van der Waals surface area contributed by atoms with Crippen molar-refractivity contribution in [1.82, 2.24) is 5.32 Å². The molecule has 3 rings (SSSR count). The maximum absolute atomic E-state index is 12.4. The molecule has 2 aliphatic rings. The highest BCUT2D eigenvalue weighted by Crippen LogP contribution is 2.26. The average molecular weight is 286 g/mol. The van der Waals surface area contributed by atoms with Gasteiger partial charge >= 0.3 is 0 Å². The predicted molar refractivity (Wildman–Crippen MR) is 86.8 cm³/mol. The van der Waals surface area contributed by atoms with Gasteiger partial charge in [-0.2, -0.15) is 0 Å². The lowest BCUT2D eigenvalue weighted by atomic mass is 9.93. The van der Waals surface area contributed by atoms with Crippen LogP contribution in [-0.2, 0) is 6.42 Å². The fourth-order valence-electron chi connectivity index (χ4n) is 3.65. The molecule has 1 atom stereocenters. The summed E-state index contributed by atoms with van der Waals surface area (Å²) in [6.07, 6.45) is 8.92. The molecular weight excluding hydrogens is 260 g/mol. The second kappa shape index (κ2) is 6.50. The van der Waals surface area contributed by atoms with Crippen molar-refractivity contribution >= 4 is 11.6 Å². The molecule has 0 unspecified atom stereocenters. The minimum Gasteiger partial charge on any atom is -0.384 e. The largest absolute Gasteiger partial charge is 0.384 e. The highest BCUT2D eigenvalue weighted by atomic mass is 16.1. The first kappa shape index (κ1) is 14.4. The molecule has 3 heteroatoms. The summed E-state index contributed by atoms with van der Waals surface area (Å²) in [5.74, 6) is 0.715. The first-order chi connectivity index (χ1) is 10.2. The van der Waals surface area contributed by atoms with Gasteiger partial charge in [0.2, 0.25) is 0 Å². The molecule has 1 aromatic carbocycles. The first-order valence-corrected chi connectivity index (χ1v) is 8.42. The van der Waals surface area contributed by atoms with Gasteiger partial charge in [0, 0.05) is 23.8 Å². The molecule has 3 nitrogen and oxygen atoms in total. The minimum absolute atomic E-state index is 0.0725. The summed E-state index contributed by atoms with van der Waals surface area (Å²) in [4.78, 5) is 12.4. The Morgan fingerprint density at radius 3 is 2.76 bits per heavy atom. The van der Waals surface area contributed by atoms with Crippen molar-refractivity contribution in [3.05, 3.63) is 29.3 Å². The SMILES string of the molecule is C[C@H](NC(=O)c1ccc2c(c1)NCC2)C1CCCCCC1. The van der Waals surface area contributed by atoms with E-state index < -0.39 is 0 Å². The third kappa shape index (κ3) is 3.39. The van der Waals surface area contributed by atoms with Crippen molar-refractivity contribution in [2.45, 2.75) is 57.9 Å². The zero-order valence-electron chi connectivity index (χ0n) is 13.0. The Balaban J connectivity index is 1.62. The van der Waals surface area contributed by atoms with Gasteiger partial charge < -0.3 is 10.6 Å². The van der Waals surface area contributed by atoms with E-state index in [-0.39, 0.29) is 11.9 Å². The first-order valence-electron chi connectivity index (χ1n) is 8.42. The van der Waals surface area contributed by atoms with Crippen molar-refractivity contribution < 1.29 is 4.79 Å². The van der Waals surface area contributed by atoms with Crippen LogP contribution in [-0.4, -0.2) is 18.5 Å². The van der Waals surface area contributed by atoms with Crippen LogP contribution < -0.4 is 10.6 Å². The molecule has 0 spiro atoms. The fraction of sp³-hybridized carbons (Fsp3) is 0.611. The number of nitrogens with one attached hydrogen (secondary N) is 2. The van der Waals surface area contributed by atoms with Gasteiger partial charge in [0.1, 0.15) is 0 Å². The zero-order valence-corrected chi connectivity index (χ0v) is 13.0. The zero-order chi connectivity index (χ0) is 14.7. The number of rotatable bonds is 3. The highest BCUT2D eigenvalue weighted by Gasteiger charge is 2.21. The summed E-state index contributed by atoms with van der Waals surface area (Å²) in [6, 6.07) is 6.32. The standard InChI is InChI=1S/C18H26N2O/c1-13(14-6-4-2-3-5-7-14)20-18(21)16-9-8-15-10-11-19-17(15)12-16/h8-9,12-14,19H,2-7,10-11H2,1H3,(H,20,21)/t13-/m0/s1. The monoisotopic (exact) mass is 286 g/mol. The molecule has 1 saturated carbocycles. The van der Waals surface area contributed by atoms with Crippen molar-refractivity contribution in [2.75, 3.05) is 11.9 Å². The molecule has 1 amide bonds. The Kier molecular flexibility index (Phi) is 4.47. The lowest BCUT2D eigenvalue weighted by Crippen LogP contribution is -2.38. The molecular formula is C18H26N2O. The maximum Gasteiger partial charge on any atom is 0.251 e. The van der Waals surface area contributed by atoms with Crippen LogP contribution in [0, 0.1) is 5.92 Å². The number of hydrogen-bond donors (Lipinski definition) is 2. The van der Waals surface area contributed by atoms with Gasteiger partial charge in [0.05, 0.1) is 0 Å². The predicted octanol–water partition coefficient (Wildman–Crippen LogP) is 3.74. The molecule has 114 valence electrons. The van der Waals surface area contributed by atoms with Gasteiger partial charge in [0.15, 0.2) is 0 Å². The van der Waals surface area contributed by atoms with E-state index >= 15 is 0 Å². The third-order valence-corrected chi connectivity index (χ3v) is 5.05. The van der Waals surface area contributed by atoms with E-state index in [1.807, 2.05) is 12.1 Å². The van der Waals surface area contributed by atoms with Crippen LogP contribution in [0.25, 0.3) is 0 Å². The van der Waals surface area contributed by atoms with Crippen LogP contribution >= 0.6 is 0 Å². The summed E-state index contributed by atoms with van der Waals surface area (Å²) in [6.45, 7) is 3.15. The molecule has 1 aromatic rings. The van der Waals surface area contributed by atoms with E-state index in [4.69, 9.17) is 0 Å². The number of anilines is 1. The van der Waals surface area contributed by atoms with Gasteiger partial charge in [0.25, 0.3) is 5.91 Å². The Morgan fingerprint density at radius 1 is 1.24 bits per heavy atom. The van der Waals surface area contributed by atoms with E-state index in [9.17, 15) is 4.79 Å². The molecule has 2 N–H and O–H groups in total. The van der Waals surface area contributed by atoms with E-state index in [0.29, 0.717) is 5.92 Å². The summed E-state index contributed by atoms with van der Waals surface area (Å²) < 4.78 is 0. The Morgan fingerprint density at radius 2 is 2.00 bits per heavy atom. The van der Waals surface area contributed by atoms with Crippen molar-refractivity contribution in [1.29, 1.82) is 0 Å². The second-order valence-electron chi connectivity index (χ2n) is 6.56. The van der Waals surface area contributed by atoms with E-state index in [1.54, 1.807) is 0 Å². The lowest BCUT2D eigenvalue weighted by molar-refractivity contribution is 0.0924. The summed E-state index contributed by atoms with van der Waals surface area (Å²) in [5.41, 5.74) is 3.23. The number of carbonyl (C=O) groups is 1. The molecule has 1 fully saturated rings.